The van der Waals surface area contributed by atoms with E-state index in [9.17, 15) is 9.59 Å². The highest BCUT2D eigenvalue weighted by Gasteiger charge is 2.23. The number of hydrogen-bond donors (Lipinski definition) is 1. The Morgan fingerprint density at radius 3 is 2.64 bits per heavy atom. The number of nitrogens with one attached hydrogen (secondary N) is 1. The van der Waals surface area contributed by atoms with Crippen LogP contribution < -0.4 is 16.4 Å². The van der Waals surface area contributed by atoms with E-state index < -0.39 is 0 Å². The van der Waals surface area contributed by atoms with Crippen molar-refractivity contribution in [3.8, 4) is 0 Å². The number of fused-ring (bicyclic) bond motifs is 1. The Hall–Kier alpha value is -2.50. The van der Waals surface area contributed by atoms with Gasteiger partial charge < -0.3 is 14.8 Å². The lowest BCUT2D eigenvalue weighted by molar-refractivity contribution is -0.133. The number of aromatic nitrogens is 2. The Labute approximate surface area is 146 Å². The van der Waals surface area contributed by atoms with Crippen molar-refractivity contribution in [2.24, 2.45) is 0 Å². The molecule has 1 aliphatic heterocycles. The molecule has 1 aromatic rings. The lowest BCUT2D eigenvalue weighted by Gasteiger charge is -2.37. The largest absolute Gasteiger partial charge is 0.371 e. The molecule has 0 saturated carbocycles. The zero-order chi connectivity index (χ0) is 17.2. The number of imidazole rings is 1. The number of piperazine rings is 1. The molecule has 0 unspecified atom stereocenters. The molecule has 25 heavy (non-hydrogen) atoms. The van der Waals surface area contributed by atoms with Gasteiger partial charge in [0.15, 0.2) is 0 Å². The average molecular weight is 340 g/mol. The van der Waals surface area contributed by atoms with E-state index in [2.05, 4.69) is 28.1 Å². The van der Waals surface area contributed by atoms with Crippen LogP contribution in [0.5, 0.6) is 0 Å². The molecule has 0 radical (unpaired) electrons. The summed E-state index contributed by atoms with van der Waals surface area (Å²) in [7, 11) is 0. The molecule has 4 rings (SSSR count). The van der Waals surface area contributed by atoms with E-state index in [1.54, 1.807) is 4.57 Å². The number of allylic oxidation sites excluding steroid dienone is 4. The fraction of sp³-hybridized carbons (Fsp3) is 0.474. The van der Waals surface area contributed by atoms with Crippen LogP contribution in [-0.2, 0) is 11.3 Å². The van der Waals surface area contributed by atoms with Gasteiger partial charge in [0.1, 0.15) is 6.54 Å². The van der Waals surface area contributed by atoms with Gasteiger partial charge in [-0.25, -0.2) is 4.79 Å². The molecular weight excluding hydrogens is 316 g/mol. The molecular formula is C19H24N4O2. The lowest BCUT2D eigenvalue weighted by atomic mass is 10.1. The first-order chi connectivity index (χ1) is 12.2. The number of hydrogen-bond acceptors (Lipinski definition) is 3. The SMILES string of the molecule is O=C(Cn1c(=O)[nH]c2c1=CCCC=2)N1CCN(C2=CC=CCC2)CC1. The highest BCUT2D eigenvalue weighted by molar-refractivity contribution is 5.76. The predicted octanol–water partition coefficient (Wildman–Crippen LogP) is -0.0907. The Balaban J connectivity index is 1.42. The van der Waals surface area contributed by atoms with Crippen LogP contribution in [0.4, 0.5) is 0 Å². The van der Waals surface area contributed by atoms with Gasteiger partial charge in [-0.15, -0.1) is 0 Å². The molecule has 6 nitrogen and oxygen atoms in total. The summed E-state index contributed by atoms with van der Waals surface area (Å²) >= 11 is 0. The normalized spacial score (nSPS) is 19.8. The van der Waals surface area contributed by atoms with Crippen molar-refractivity contribution in [2.75, 3.05) is 26.2 Å². The van der Waals surface area contributed by atoms with Gasteiger partial charge in [0, 0.05) is 31.9 Å². The number of carbonyl (C=O) groups is 1. The van der Waals surface area contributed by atoms with E-state index in [4.69, 9.17) is 0 Å². The number of H-pyrrole nitrogens is 1. The molecule has 2 aliphatic carbocycles. The molecule has 0 bridgehead atoms. The van der Waals surface area contributed by atoms with E-state index in [1.165, 1.54) is 5.70 Å². The van der Waals surface area contributed by atoms with Crippen LogP contribution in [0.15, 0.2) is 28.7 Å². The smallest absolute Gasteiger partial charge is 0.326 e. The van der Waals surface area contributed by atoms with Crippen molar-refractivity contribution in [3.63, 3.8) is 0 Å². The first-order valence-electron chi connectivity index (χ1n) is 9.10. The number of amides is 1. The molecule has 2 heterocycles. The maximum atomic E-state index is 12.7. The number of aromatic amines is 1. The van der Waals surface area contributed by atoms with Crippen LogP contribution in [0.2, 0.25) is 0 Å². The standard InChI is InChI=1S/C19H24N4O2/c24-18(14-23-17-9-5-4-8-16(17)20-19(23)25)22-12-10-21(11-13-22)15-6-2-1-3-7-15/h1-2,6,8-9H,3-5,7,10-14H2,(H,20,25). The van der Waals surface area contributed by atoms with Gasteiger partial charge in [0.05, 0.1) is 10.7 Å². The zero-order valence-electron chi connectivity index (χ0n) is 14.4. The molecule has 132 valence electrons. The van der Waals surface area contributed by atoms with Crippen LogP contribution in [0.1, 0.15) is 25.7 Å². The Morgan fingerprint density at radius 1 is 1.08 bits per heavy atom. The number of nitrogens with zero attached hydrogens (tertiary/aromatic N) is 3. The molecule has 1 amide bonds. The fourth-order valence-electron chi connectivity index (χ4n) is 3.81. The second-order valence-electron chi connectivity index (χ2n) is 6.79. The summed E-state index contributed by atoms with van der Waals surface area (Å²) in [5.41, 5.74) is 1.18. The molecule has 6 heteroatoms. The summed E-state index contributed by atoms with van der Waals surface area (Å²) < 4.78 is 1.58. The molecule has 3 aliphatic rings. The predicted molar refractivity (Wildman–Crippen MR) is 97.1 cm³/mol. The summed E-state index contributed by atoms with van der Waals surface area (Å²) in [5.74, 6) is 0.0278. The van der Waals surface area contributed by atoms with Gasteiger partial charge in [-0.2, -0.15) is 0 Å². The van der Waals surface area contributed by atoms with Crippen LogP contribution in [0.25, 0.3) is 12.2 Å². The summed E-state index contributed by atoms with van der Waals surface area (Å²) in [6.07, 6.45) is 14.6. The molecule has 1 N–H and O–H groups in total. The third-order valence-corrected chi connectivity index (χ3v) is 5.23. The highest BCUT2D eigenvalue weighted by atomic mass is 16.2. The minimum Gasteiger partial charge on any atom is -0.371 e. The first-order valence-corrected chi connectivity index (χ1v) is 9.10. The van der Waals surface area contributed by atoms with E-state index in [-0.39, 0.29) is 18.1 Å². The van der Waals surface area contributed by atoms with E-state index in [0.717, 1.165) is 62.6 Å². The zero-order valence-corrected chi connectivity index (χ0v) is 14.4. The minimum absolute atomic E-state index is 0.0278. The average Bonchev–Trinajstić information content (AvgIpc) is 2.98. The van der Waals surface area contributed by atoms with Crippen molar-refractivity contribution in [2.45, 2.75) is 32.2 Å². The molecule has 0 aromatic carbocycles. The monoisotopic (exact) mass is 340 g/mol. The van der Waals surface area contributed by atoms with Crippen molar-refractivity contribution >= 4 is 18.1 Å². The van der Waals surface area contributed by atoms with Crippen molar-refractivity contribution in [1.29, 1.82) is 0 Å². The van der Waals surface area contributed by atoms with E-state index in [0.29, 0.717) is 0 Å². The summed E-state index contributed by atoms with van der Waals surface area (Å²) in [4.78, 5) is 31.9. The first kappa shape index (κ1) is 16.0. The lowest BCUT2D eigenvalue weighted by Crippen LogP contribution is -2.50. The maximum absolute atomic E-state index is 12.7. The van der Waals surface area contributed by atoms with Gasteiger partial charge in [-0.3, -0.25) is 9.36 Å². The molecule has 0 spiro atoms. The third kappa shape index (κ3) is 3.21. The second kappa shape index (κ2) is 6.78. The van der Waals surface area contributed by atoms with Crippen LogP contribution >= 0.6 is 0 Å². The van der Waals surface area contributed by atoms with E-state index >= 15 is 0 Å². The van der Waals surface area contributed by atoms with Crippen LogP contribution in [-0.4, -0.2) is 51.4 Å². The summed E-state index contributed by atoms with van der Waals surface area (Å²) in [6, 6.07) is 0. The number of carbonyl (C=O) groups excluding carboxylic acids is 1. The second-order valence-corrected chi connectivity index (χ2v) is 6.79. The Bertz CT molecular complexity index is 895. The molecule has 1 aromatic heterocycles. The van der Waals surface area contributed by atoms with Crippen LogP contribution in [0.3, 0.4) is 0 Å². The third-order valence-electron chi connectivity index (χ3n) is 5.23. The number of rotatable bonds is 3. The Morgan fingerprint density at radius 2 is 1.88 bits per heavy atom. The van der Waals surface area contributed by atoms with Gasteiger partial charge >= 0.3 is 5.69 Å². The van der Waals surface area contributed by atoms with Gasteiger partial charge in [0.2, 0.25) is 5.91 Å². The van der Waals surface area contributed by atoms with Gasteiger partial charge in [-0.1, -0.05) is 24.3 Å². The van der Waals surface area contributed by atoms with Crippen molar-refractivity contribution in [3.05, 3.63) is 45.1 Å². The topological polar surface area (TPSA) is 61.3 Å². The van der Waals surface area contributed by atoms with Crippen molar-refractivity contribution in [1.82, 2.24) is 19.4 Å². The molecule has 1 fully saturated rings. The van der Waals surface area contributed by atoms with Crippen LogP contribution in [0, 0.1) is 0 Å². The van der Waals surface area contributed by atoms with E-state index in [1.807, 2.05) is 17.1 Å². The quantitative estimate of drug-likeness (QED) is 0.837. The highest BCUT2D eigenvalue weighted by Crippen LogP contribution is 2.18. The van der Waals surface area contributed by atoms with Gasteiger partial charge in [0.25, 0.3) is 0 Å². The maximum Gasteiger partial charge on any atom is 0.326 e. The fourth-order valence-corrected chi connectivity index (χ4v) is 3.81. The van der Waals surface area contributed by atoms with Crippen molar-refractivity contribution < 1.29 is 4.79 Å². The molecule has 0 atom stereocenters. The summed E-state index contributed by atoms with van der Waals surface area (Å²) in [6.45, 7) is 3.30. The molecule has 1 saturated heterocycles. The minimum atomic E-state index is -0.189. The Kier molecular flexibility index (Phi) is 4.34. The summed E-state index contributed by atoms with van der Waals surface area (Å²) in [5, 5.41) is 1.72. The van der Waals surface area contributed by atoms with Gasteiger partial charge in [-0.05, 0) is 31.8 Å².